The average molecular weight is 337 g/mol. The topological polar surface area (TPSA) is 87.2 Å². The maximum Gasteiger partial charge on any atom is 0.251 e. The lowest BCUT2D eigenvalue weighted by molar-refractivity contribution is 0.0948. The van der Waals surface area contributed by atoms with Crippen LogP contribution in [0.3, 0.4) is 0 Å². The summed E-state index contributed by atoms with van der Waals surface area (Å²) in [6.07, 6.45) is 3.46. The number of aliphatic hydroxyl groups is 1. The van der Waals surface area contributed by atoms with Crippen molar-refractivity contribution in [3.63, 3.8) is 0 Å². The second-order valence-electron chi connectivity index (χ2n) is 5.55. The molecule has 0 aliphatic heterocycles. The van der Waals surface area contributed by atoms with Crippen LogP contribution in [0, 0.1) is 0 Å². The predicted molar refractivity (Wildman–Crippen MR) is 94.1 cm³/mol. The molecule has 0 aliphatic rings. The molecule has 1 heterocycles. The molecule has 3 aromatic rings. The van der Waals surface area contributed by atoms with E-state index < -0.39 is 0 Å². The van der Waals surface area contributed by atoms with Gasteiger partial charge in [-0.15, -0.1) is 0 Å². The Bertz CT molecular complexity index is 860. The molecule has 3 N–H and O–H groups in total. The first-order valence-corrected chi connectivity index (χ1v) is 7.85. The molecule has 0 aliphatic carbocycles. The van der Waals surface area contributed by atoms with Gasteiger partial charge in [0.15, 0.2) is 0 Å². The zero-order valence-corrected chi connectivity index (χ0v) is 13.8. The zero-order chi connectivity index (χ0) is 17.6. The van der Waals surface area contributed by atoms with Gasteiger partial charge in [0, 0.05) is 23.9 Å². The van der Waals surface area contributed by atoms with Gasteiger partial charge in [0.05, 0.1) is 19.9 Å². The summed E-state index contributed by atoms with van der Waals surface area (Å²) in [7, 11) is 1.60. The van der Waals surface area contributed by atoms with Gasteiger partial charge in [-0.05, 0) is 41.0 Å². The number of benzene rings is 2. The molecular weight excluding hydrogens is 318 g/mol. The third-order valence-corrected chi connectivity index (χ3v) is 3.94. The predicted octanol–water partition coefficient (Wildman–Crippen LogP) is 2.51. The summed E-state index contributed by atoms with van der Waals surface area (Å²) in [6, 6.07) is 12.9. The molecule has 0 spiro atoms. The van der Waals surface area contributed by atoms with Crippen LogP contribution in [-0.4, -0.2) is 28.3 Å². The van der Waals surface area contributed by atoms with E-state index in [9.17, 15) is 9.90 Å². The van der Waals surface area contributed by atoms with Gasteiger partial charge in [0.2, 0.25) is 0 Å². The summed E-state index contributed by atoms with van der Waals surface area (Å²) in [5, 5.41) is 19.2. The summed E-state index contributed by atoms with van der Waals surface area (Å²) in [4.78, 5) is 12.5. The number of hydrogen-bond donors (Lipinski definition) is 3. The number of aromatic nitrogens is 2. The smallest absolute Gasteiger partial charge is 0.251 e. The van der Waals surface area contributed by atoms with Crippen LogP contribution < -0.4 is 10.1 Å². The van der Waals surface area contributed by atoms with Crippen molar-refractivity contribution in [2.75, 3.05) is 7.11 Å². The highest BCUT2D eigenvalue weighted by molar-refractivity contribution is 5.96. The fourth-order valence-corrected chi connectivity index (χ4v) is 2.59. The Morgan fingerprint density at radius 1 is 1.24 bits per heavy atom. The van der Waals surface area contributed by atoms with Crippen LogP contribution >= 0.6 is 0 Å². The van der Waals surface area contributed by atoms with Crippen LogP contribution in [0.2, 0.25) is 0 Å². The summed E-state index contributed by atoms with van der Waals surface area (Å²) in [5.74, 6) is 0.512. The van der Waals surface area contributed by atoms with Crippen molar-refractivity contribution in [3.05, 3.63) is 71.5 Å². The minimum absolute atomic E-state index is 0.215. The molecule has 3 rings (SSSR count). The Morgan fingerprint density at radius 2 is 2.12 bits per heavy atom. The van der Waals surface area contributed by atoms with Crippen molar-refractivity contribution in [1.29, 1.82) is 0 Å². The maximum absolute atomic E-state index is 12.5. The average Bonchev–Trinajstić information content (AvgIpc) is 3.20. The quantitative estimate of drug-likeness (QED) is 0.645. The number of H-pyrrole nitrogens is 1. The second-order valence-corrected chi connectivity index (χ2v) is 5.55. The Labute approximate surface area is 145 Å². The number of aromatic amines is 1. The highest BCUT2D eigenvalue weighted by atomic mass is 16.5. The molecule has 0 radical (unpaired) electrons. The fraction of sp³-hybridized carbons (Fsp3) is 0.158. The van der Waals surface area contributed by atoms with Gasteiger partial charge >= 0.3 is 0 Å². The minimum Gasteiger partial charge on any atom is -0.497 e. The highest BCUT2D eigenvalue weighted by Gasteiger charge is 2.12. The lowest BCUT2D eigenvalue weighted by Gasteiger charge is -2.11. The van der Waals surface area contributed by atoms with E-state index in [2.05, 4.69) is 15.5 Å². The van der Waals surface area contributed by atoms with Gasteiger partial charge in [-0.25, -0.2) is 0 Å². The molecule has 1 amide bonds. The van der Waals surface area contributed by atoms with Gasteiger partial charge in [-0.1, -0.05) is 18.2 Å². The lowest BCUT2D eigenvalue weighted by Crippen LogP contribution is -2.24. The zero-order valence-electron chi connectivity index (χ0n) is 13.8. The van der Waals surface area contributed by atoms with E-state index in [1.807, 2.05) is 30.3 Å². The number of nitrogens with one attached hydrogen (secondary N) is 2. The molecule has 1 aromatic heterocycles. The number of nitrogens with zero attached hydrogens (tertiary/aromatic N) is 1. The minimum atomic E-state index is -0.231. The second kappa shape index (κ2) is 7.63. The third-order valence-electron chi connectivity index (χ3n) is 3.94. The van der Waals surface area contributed by atoms with Crippen LogP contribution in [0.4, 0.5) is 0 Å². The first-order valence-electron chi connectivity index (χ1n) is 7.85. The number of methoxy groups -OCH3 is 1. The van der Waals surface area contributed by atoms with Gasteiger partial charge in [-0.2, -0.15) is 5.10 Å². The van der Waals surface area contributed by atoms with Crippen molar-refractivity contribution < 1.29 is 14.6 Å². The SMILES string of the molecule is COc1cccc(CNC(=O)c2ccc(-c3cn[nH]c3)cc2CO)c1. The number of carbonyl (C=O) groups excluding carboxylic acids is 1. The number of hydrogen-bond acceptors (Lipinski definition) is 4. The van der Waals surface area contributed by atoms with Crippen LogP contribution in [0.15, 0.2) is 54.9 Å². The van der Waals surface area contributed by atoms with Crippen LogP contribution in [0.25, 0.3) is 11.1 Å². The largest absolute Gasteiger partial charge is 0.497 e. The Kier molecular flexibility index (Phi) is 5.11. The number of amides is 1. The molecular formula is C19H19N3O3. The molecule has 6 nitrogen and oxygen atoms in total. The third kappa shape index (κ3) is 3.87. The number of rotatable bonds is 6. The van der Waals surface area contributed by atoms with Crippen LogP contribution in [-0.2, 0) is 13.2 Å². The van der Waals surface area contributed by atoms with Crippen molar-refractivity contribution in [2.24, 2.45) is 0 Å². The van der Waals surface area contributed by atoms with Crippen molar-refractivity contribution in [2.45, 2.75) is 13.2 Å². The van der Waals surface area contributed by atoms with Crippen molar-refractivity contribution >= 4 is 5.91 Å². The molecule has 0 atom stereocenters. The van der Waals surface area contributed by atoms with Gasteiger partial charge in [0.1, 0.15) is 5.75 Å². The van der Waals surface area contributed by atoms with Gasteiger partial charge in [0.25, 0.3) is 5.91 Å². The Balaban J connectivity index is 1.75. The summed E-state index contributed by atoms with van der Waals surface area (Å²) >= 11 is 0. The van der Waals surface area contributed by atoms with Crippen molar-refractivity contribution in [1.82, 2.24) is 15.5 Å². The number of ether oxygens (including phenoxy) is 1. The van der Waals surface area contributed by atoms with E-state index in [-0.39, 0.29) is 12.5 Å². The maximum atomic E-state index is 12.5. The molecule has 6 heteroatoms. The number of carbonyl (C=O) groups is 1. The molecule has 0 saturated heterocycles. The van der Waals surface area contributed by atoms with Gasteiger partial charge < -0.3 is 15.2 Å². The highest BCUT2D eigenvalue weighted by Crippen LogP contribution is 2.22. The first kappa shape index (κ1) is 16.7. The summed E-state index contributed by atoms with van der Waals surface area (Å²) < 4.78 is 5.18. The van der Waals surface area contributed by atoms with E-state index in [4.69, 9.17) is 4.74 Å². The standard InChI is InChI=1S/C19H19N3O3/c1-25-17-4-2-3-13(7-17)9-20-19(24)18-6-5-14(8-15(18)12-23)16-10-21-22-11-16/h2-8,10-11,23H,9,12H2,1H3,(H,20,24)(H,21,22). The van der Waals surface area contributed by atoms with E-state index in [0.717, 1.165) is 22.4 Å². The van der Waals surface area contributed by atoms with E-state index in [0.29, 0.717) is 17.7 Å². The summed E-state index contributed by atoms with van der Waals surface area (Å²) in [6.45, 7) is 0.165. The number of aliphatic hydroxyl groups excluding tert-OH is 1. The van der Waals surface area contributed by atoms with Crippen LogP contribution in [0.1, 0.15) is 21.5 Å². The fourth-order valence-electron chi connectivity index (χ4n) is 2.59. The van der Waals surface area contributed by atoms with Crippen molar-refractivity contribution in [3.8, 4) is 16.9 Å². The van der Waals surface area contributed by atoms with Crippen LogP contribution in [0.5, 0.6) is 5.75 Å². The lowest BCUT2D eigenvalue weighted by atomic mass is 10.0. The van der Waals surface area contributed by atoms with E-state index in [1.54, 1.807) is 31.6 Å². The monoisotopic (exact) mass is 337 g/mol. The van der Waals surface area contributed by atoms with E-state index >= 15 is 0 Å². The molecule has 0 bridgehead atoms. The normalized spacial score (nSPS) is 10.5. The molecule has 2 aromatic carbocycles. The van der Waals surface area contributed by atoms with E-state index in [1.165, 1.54) is 0 Å². The molecule has 128 valence electrons. The molecule has 0 fully saturated rings. The van der Waals surface area contributed by atoms with Gasteiger partial charge in [-0.3, -0.25) is 9.89 Å². The Morgan fingerprint density at radius 3 is 2.84 bits per heavy atom. The molecule has 0 unspecified atom stereocenters. The Hall–Kier alpha value is -3.12. The first-order chi connectivity index (χ1) is 12.2. The summed E-state index contributed by atoms with van der Waals surface area (Å²) in [5.41, 5.74) is 3.76. The molecule has 25 heavy (non-hydrogen) atoms. The molecule has 0 saturated carbocycles.